The maximum atomic E-state index is 14.3. The number of fused-ring (bicyclic) bond motifs is 2. The van der Waals surface area contributed by atoms with Gasteiger partial charge in [0.05, 0.1) is 31.8 Å². The van der Waals surface area contributed by atoms with Gasteiger partial charge in [0.2, 0.25) is 5.43 Å². The normalized spacial score (nSPS) is 22.9. The van der Waals surface area contributed by atoms with Crippen molar-refractivity contribution in [3.05, 3.63) is 63.1 Å². The fourth-order valence-electron chi connectivity index (χ4n) is 4.56. The average molecular weight is 445 g/mol. The Morgan fingerprint density at radius 1 is 1.28 bits per heavy atom. The molecule has 0 radical (unpaired) electrons. The van der Waals surface area contributed by atoms with Crippen LogP contribution in [0.4, 0.5) is 8.78 Å². The molecule has 1 saturated carbocycles. The molecule has 2 amide bonds. The summed E-state index contributed by atoms with van der Waals surface area (Å²) < 4.78 is 40.0. The predicted molar refractivity (Wildman–Crippen MR) is 107 cm³/mol. The Kier molecular flexibility index (Phi) is 4.59. The standard InChI is InChI=1S/C22H21F2N3O5/c1-11-10-32-16-9-26-8-13(18(28)19(31-2)17(26)21(30)27(11)16)20(29)25-22(5-6-22)14-4-3-12(23)7-15(14)24/h3-4,7-8,11,16H,5-6,9-10H2,1-2H3,(H,25,29)/t11-,16+/m0/s1. The summed E-state index contributed by atoms with van der Waals surface area (Å²) in [6, 6.07) is 3.04. The van der Waals surface area contributed by atoms with Crippen LogP contribution in [0, 0.1) is 11.6 Å². The molecule has 32 heavy (non-hydrogen) atoms. The number of carbonyl (C=O) groups excluding carboxylic acids is 2. The molecule has 3 heterocycles. The summed E-state index contributed by atoms with van der Waals surface area (Å²) in [5, 5.41) is 2.73. The highest BCUT2D eigenvalue weighted by Crippen LogP contribution is 2.46. The number of hydrogen-bond donors (Lipinski definition) is 1. The molecule has 3 aliphatic rings. The monoisotopic (exact) mass is 445 g/mol. The third-order valence-corrected chi connectivity index (χ3v) is 6.34. The molecule has 0 bridgehead atoms. The Bertz CT molecular complexity index is 1210. The number of rotatable bonds is 4. The number of methoxy groups -OCH3 is 1. The topological polar surface area (TPSA) is 89.9 Å². The fraction of sp³-hybridized carbons (Fsp3) is 0.409. The molecule has 2 fully saturated rings. The van der Waals surface area contributed by atoms with E-state index in [1.54, 1.807) is 4.90 Å². The van der Waals surface area contributed by atoms with Crippen LogP contribution in [0.25, 0.3) is 0 Å². The van der Waals surface area contributed by atoms with Crippen LogP contribution in [0.5, 0.6) is 5.75 Å². The van der Waals surface area contributed by atoms with Crippen LogP contribution in [-0.2, 0) is 16.8 Å². The van der Waals surface area contributed by atoms with Gasteiger partial charge < -0.3 is 24.3 Å². The van der Waals surface area contributed by atoms with Gasteiger partial charge in [0, 0.05) is 17.8 Å². The van der Waals surface area contributed by atoms with Crippen molar-refractivity contribution in [1.29, 1.82) is 0 Å². The van der Waals surface area contributed by atoms with Crippen LogP contribution < -0.4 is 15.5 Å². The summed E-state index contributed by atoms with van der Waals surface area (Å²) in [4.78, 5) is 40.8. The maximum Gasteiger partial charge on any atom is 0.276 e. The zero-order valence-corrected chi connectivity index (χ0v) is 17.5. The van der Waals surface area contributed by atoms with Crippen molar-refractivity contribution in [3.8, 4) is 5.75 Å². The number of nitrogens with one attached hydrogen (secondary N) is 1. The minimum atomic E-state index is -1.01. The van der Waals surface area contributed by atoms with E-state index in [9.17, 15) is 23.2 Å². The number of hydrogen-bond acceptors (Lipinski definition) is 5. The number of pyridine rings is 1. The van der Waals surface area contributed by atoms with Crippen LogP contribution in [0.2, 0.25) is 0 Å². The molecule has 5 rings (SSSR count). The van der Waals surface area contributed by atoms with Crippen molar-refractivity contribution in [2.45, 2.75) is 44.1 Å². The number of amides is 2. The lowest BCUT2D eigenvalue weighted by atomic mass is 10.0. The highest BCUT2D eigenvalue weighted by atomic mass is 19.1. The van der Waals surface area contributed by atoms with E-state index in [4.69, 9.17) is 9.47 Å². The molecule has 1 aliphatic carbocycles. The van der Waals surface area contributed by atoms with E-state index in [0.717, 1.165) is 12.1 Å². The van der Waals surface area contributed by atoms with Crippen LogP contribution in [0.15, 0.2) is 29.2 Å². The van der Waals surface area contributed by atoms with Gasteiger partial charge in [0.15, 0.2) is 17.7 Å². The lowest BCUT2D eigenvalue weighted by molar-refractivity contribution is 0.00621. The van der Waals surface area contributed by atoms with Gasteiger partial charge in [-0.25, -0.2) is 8.78 Å². The van der Waals surface area contributed by atoms with E-state index in [1.165, 1.54) is 23.9 Å². The molecule has 1 N–H and O–H groups in total. The Hall–Kier alpha value is -3.27. The van der Waals surface area contributed by atoms with E-state index in [1.807, 2.05) is 6.92 Å². The quantitative estimate of drug-likeness (QED) is 0.775. The highest BCUT2D eigenvalue weighted by Gasteiger charge is 2.48. The predicted octanol–water partition coefficient (Wildman–Crippen LogP) is 1.75. The van der Waals surface area contributed by atoms with Crippen LogP contribution in [0.1, 0.15) is 46.2 Å². The third-order valence-electron chi connectivity index (χ3n) is 6.34. The van der Waals surface area contributed by atoms with Crippen molar-refractivity contribution in [3.63, 3.8) is 0 Å². The van der Waals surface area contributed by atoms with Gasteiger partial charge in [-0.15, -0.1) is 0 Å². The molecule has 2 aromatic rings. The van der Waals surface area contributed by atoms with Crippen molar-refractivity contribution >= 4 is 11.8 Å². The number of aromatic nitrogens is 1. The molecule has 168 valence electrons. The lowest BCUT2D eigenvalue weighted by Crippen LogP contribution is -2.49. The van der Waals surface area contributed by atoms with Crippen LogP contribution >= 0.6 is 0 Å². The molecule has 1 saturated heterocycles. The first-order valence-electron chi connectivity index (χ1n) is 10.3. The third kappa shape index (κ3) is 3.01. The highest BCUT2D eigenvalue weighted by molar-refractivity contribution is 5.99. The van der Waals surface area contributed by atoms with Gasteiger partial charge in [0.1, 0.15) is 17.2 Å². The molecule has 8 nitrogen and oxygen atoms in total. The molecule has 10 heteroatoms. The second-order valence-electron chi connectivity index (χ2n) is 8.42. The number of nitrogens with zero attached hydrogens (tertiary/aromatic N) is 2. The average Bonchev–Trinajstić information content (AvgIpc) is 3.42. The zero-order valence-electron chi connectivity index (χ0n) is 17.5. The summed E-state index contributed by atoms with van der Waals surface area (Å²) >= 11 is 0. The first-order valence-corrected chi connectivity index (χ1v) is 10.3. The van der Waals surface area contributed by atoms with Crippen LogP contribution in [-0.4, -0.2) is 47.3 Å². The van der Waals surface area contributed by atoms with Crippen molar-refractivity contribution in [2.24, 2.45) is 0 Å². The van der Waals surface area contributed by atoms with E-state index < -0.39 is 40.6 Å². The van der Waals surface area contributed by atoms with Gasteiger partial charge in [0.25, 0.3) is 11.8 Å². The minimum absolute atomic E-state index is 0.0633. The minimum Gasteiger partial charge on any atom is -0.491 e. The van der Waals surface area contributed by atoms with E-state index in [2.05, 4.69) is 5.32 Å². The van der Waals surface area contributed by atoms with Gasteiger partial charge in [-0.2, -0.15) is 0 Å². The number of halogens is 2. The first-order chi connectivity index (χ1) is 15.3. The van der Waals surface area contributed by atoms with Gasteiger partial charge in [-0.3, -0.25) is 14.4 Å². The largest absolute Gasteiger partial charge is 0.491 e. The molecule has 1 aromatic heterocycles. The van der Waals surface area contributed by atoms with Gasteiger partial charge in [-0.1, -0.05) is 6.07 Å². The summed E-state index contributed by atoms with van der Waals surface area (Å²) in [5.74, 6) is -2.83. The SMILES string of the molecule is COc1c2n(cc(C(=O)NC3(c4ccc(F)cc4F)CC3)c1=O)C[C@H]1OC[C@H](C)N1C2=O. The second-order valence-corrected chi connectivity index (χ2v) is 8.42. The van der Waals surface area contributed by atoms with E-state index in [-0.39, 0.29) is 35.2 Å². The molecule has 2 atom stereocenters. The smallest absolute Gasteiger partial charge is 0.276 e. The first kappa shape index (κ1) is 20.6. The zero-order chi connectivity index (χ0) is 22.8. The Balaban J connectivity index is 1.52. The molecule has 2 aliphatic heterocycles. The Labute approximate surface area is 181 Å². The molecule has 1 aromatic carbocycles. The Morgan fingerprint density at radius 2 is 2.03 bits per heavy atom. The lowest BCUT2D eigenvalue weighted by Gasteiger charge is -2.34. The maximum absolute atomic E-state index is 14.3. The number of carbonyl (C=O) groups is 2. The fourth-order valence-corrected chi connectivity index (χ4v) is 4.56. The van der Waals surface area contributed by atoms with Crippen LogP contribution in [0.3, 0.4) is 0 Å². The summed E-state index contributed by atoms with van der Waals surface area (Å²) in [6.07, 6.45) is 1.71. The second kappa shape index (κ2) is 7.13. The Morgan fingerprint density at radius 3 is 2.69 bits per heavy atom. The van der Waals surface area contributed by atoms with E-state index >= 15 is 0 Å². The number of benzene rings is 1. The number of ether oxygens (including phenoxy) is 2. The molecule has 0 unspecified atom stereocenters. The molecular weight excluding hydrogens is 424 g/mol. The van der Waals surface area contributed by atoms with Crippen molar-refractivity contribution < 1.29 is 27.8 Å². The summed E-state index contributed by atoms with van der Waals surface area (Å²) in [6.45, 7) is 2.46. The van der Waals surface area contributed by atoms with Crippen molar-refractivity contribution in [1.82, 2.24) is 14.8 Å². The summed E-state index contributed by atoms with van der Waals surface area (Å²) in [5.41, 5.74) is -1.74. The van der Waals surface area contributed by atoms with Crippen molar-refractivity contribution in [2.75, 3.05) is 13.7 Å². The molecule has 0 spiro atoms. The molecular formula is C22H21F2N3O5. The van der Waals surface area contributed by atoms with Gasteiger partial charge in [-0.05, 0) is 25.8 Å². The van der Waals surface area contributed by atoms with E-state index in [0.29, 0.717) is 19.4 Å². The summed E-state index contributed by atoms with van der Waals surface area (Å²) in [7, 11) is 1.26. The van der Waals surface area contributed by atoms with Gasteiger partial charge >= 0.3 is 0 Å².